The number of benzene rings is 1. The largest absolute Gasteiger partial charge is 0.345 e. The minimum Gasteiger partial charge on any atom is -0.345 e. The highest BCUT2D eigenvalue weighted by Crippen LogP contribution is 2.24. The highest BCUT2D eigenvalue weighted by molar-refractivity contribution is 7.99. The number of rotatable bonds is 8. The highest BCUT2D eigenvalue weighted by Gasteiger charge is 2.09. The number of carbonyl (C=O) groups excluding carboxylic acids is 1. The molecule has 1 amide bonds. The predicted molar refractivity (Wildman–Crippen MR) is 92.9 cm³/mol. The van der Waals surface area contributed by atoms with Gasteiger partial charge in [0.05, 0.1) is 16.0 Å². The summed E-state index contributed by atoms with van der Waals surface area (Å²) in [5, 5.41) is 1.09. The molecule has 0 radical (unpaired) electrons. The van der Waals surface area contributed by atoms with Crippen molar-refractivity contribution in [3.05, 3.63) is 41.9 Å². The van der Waals surface area contributed by atoms with E-state index < -0.39 is 0 Å². The van der Waals surface area contributed by atoms with Crippen LogP contribution in [-0.2, 0) is 10.5 Å². The molecule has 0 atom stereocenters. The molecular weight excluding hydrogens is 300 g/mol. The normalized spacial score (nSPS) is 10.7. The van der Waals surface area contributed by atoms with Crippen LogP contribution in [0.1, 0.15) is 17.8 Å². The third-order valence-corrected chi connectivity index (χ3v) is 5.26. The quantitative estimate of drug-likeness (QED) is 0.545. The lowest BCUT2D eigenvalue weighted by atomic mass is 10.3. The minimum atomic E-state index is 0.185. The molecule has 1 aromatic heterocycles. The van der Waals surface area contributed by atoms with E-state index in [0.717, 1.165) is 35.7 Å². The number of allylic oxidation sites excluding steroid dienone is 1. The minimum absolute atomic E-state index is 0.185. The SMILES string of the molecule is C=CCCCN(C)C(=O)CSCc1nc2ccccc2s1. The molecule has 0 bridgehead atoms. The molecule has 0 aliphatic heterocycles. The molecule has 1 aromatic carbocycles. The fourth-order valence-electron chi connectivity index (χ4n) is 1.92. The topological polar surface area (TPSA) is 33.2 Å². The van der Waals surface area contributed by atoms with Gasteiger partial charge in [0, 0.05) is 19.3 Å². The zero-order valence-electron chi connectivity index (χ0n) is 12.2. The van der Waals surface area contributed by atoms with Gasteiger partial charge in [0.2, 0.25) is 5.91 Å². The van der Waals surface area contributed by atoms with Crippen LogP contribution in [0.5, 0.6) is 0 Å². The lowest BCUT2D eigenvalue weighted by Gasteiger charge is -2.16. The number of amides is 1. The molecule has 0 saturated carbocycles. The Morgan fingerprint density at radius 2 is 2.29 bits per heavy atom. The number of unbranched alkanes of at least 4 members (excludes halogenated alkanes) is 1. The number of thiazole rings is 1. The van der Waals surface area contributed by atoms with Crippen molar-refractivity contribution in [2.24, 2.45) is 0 Å². The Kier molecular flexibility index (Phi) is 6.26. The zero-order valence-corrected chi connectivity index (χ0v) is 13.9. The molecule has 0 saturated heterocycles. The van der Waals surface area contributed by atoms with Crippen molar-refractivity contribution in [2.45, 2.75) is 18.6 Å². The van der Waals surface area contributed by atoms with E-state index in [0.29, 0.717) is 5.75 Å². The fourth-order valence-corrected chi connectivity index (χ4v) is 3.90. The Bertz CT molecular complexity index is 576. The van der Waals surface area contributed by atoms with E-state index in [1.165, 1.54) is 4.70 Å². The van der Waals surface area contributed by atoms with Gasteiger partial charge >= 0.3 is 0 Å². The average Bonchev–Trinajstić information content (AvgIpc) is 2.89. The summed E-state index contributed by atoms with van der Waals surface area (Å²) in [4.78, 5) is 18.3. The van der Waals surface area contributed by atoms with Crippen molar-refractivity contribution in [3.8, 4) is 0 Å². The maximum Gasteiger partial charge on any atom is 0.232 e. The molecule has 5 heteroatoms. The van der Waals surface area contributed by atoms with Crippen molar-refractivity contribution in [3.63, 3.8) is 0 Å². The maximum absolute atomic E-state index is 12.0. The van der Waals surface area contributed by atoms with Crippen LogP contribution >= 0.6 is 23.1 Å². The number of aromatic nitrogens is 1. The molecule has 2 aromatic rings. The molecule has 3 nitrogen and oxygen atoms in total. The molecule has 21 heavy (non-hydrogen) atoms. The summed E-state index contributed by atoms with van der Waals surface area (Å²) in [6.07, 6.45) is 3.82. The van der Waals surface area contributed by atoms with Crippen LogP contribution in [0.15, 0.2) is 36.9 Å². The van der Waals surface area contributed by atoms with Crippen LogP contribution in [0.2, 0.25) is 0 Å². The number of hydrogen-bond acceptors (Lipinski definition) is 4. The van der Waals surface area contributed by atoms with E-state index in [9.17, 15) is 4.79 Å². The second kappa shape index (κ2) is 8.20. The molecule has 0 spiro atoms. The third kappa shape index (κ3) is 4.86. The Balaban J connectivity index is 1.75. The first-order valence-electron chi connectivity index (χ1n) is 6.97. The van der Waals surface area contributed by atoms with Crippen LogP contribution in [0.25, 0.3) is 10.2 Å². The smallest absolute Gasteiger partial charge is 0.232 e. The second-order valence-corrected chi connectivity index (χ2v) is 6.92. The average molecular weight is 320 g/mol. The number of fused-ring (bicyclic) bond motifs is 1. The van der Waals surface area contributed by atoms with Crippen molar-refractivity contribution in [1.29, 1.82) is 0 Å². The standard InChI is InChI=1S/C16H20N2OS2/c1-3-4-7-10-18(2)16(19)12-20-11-15-17-13-8-5-6-9-14(13)21-15/h3,5-6,8-9H,1,4,7,10-12H2,2H3. The lowest BCUT2D eigenvalue weighted by Crippen LogP contribution is -2.29. The van der Waals surface area contributed by atoms with Gasteiger partial charge in [0.15, 0.2) is 0 Å². The fraction of sp³-hybridized carbons (Fsp3) is 0.375. The first kappa shape index (κ1) is 16.0. The summed E-state index contributed by atoms with van der Waals surface area (Å²) < 4.78 is 1.21. The number of carbonyl (C=O) groups is 1. The second-order valence-electron chi connectivity index (χ2n) is 4.81. The predicted octanol–water partition coefficient (Wildman–Crippen LogP) is 3.95. The first-order chi connectivity index (χ1) is 10.2. The van der Waals surface area contributed by atoms with Crippen molar-refractivity contribution in [1.82, 2.24) is 9.88 Å². The van der Waals surface area contributed by atoms with Crippen LogP contribution in [0, 0.1) is 0 Å². The van der Waals surface area contributed by atoms with Gasteiger partial charge in [0.25, 0.3) is 0 Å². The lowest BCUT2D eigenvalue weighted by molar-refractivity contribution is -0.127. The third-order valence-electron chi connectivity index (χ3n) is 3.12. The summed E-state index contributed by atoms with van der Waals surface area (Å²) >= 11 is 3.34. The van der Waals surface area contributed by atoms with E-state index in [1.807, 2.05) is 31.3 Å². The number of para-hydroxylation sites is 1. The molecule has 0 aliphatic rings. The molecule has 0 fully saturated rings. The highest BCUT2D eigenvalue weighted by atomic mass is 32.2. The summed E-state index contributed by atoms with van der Waals surface area (Å²) in [5.74, 6) is 1.50. The summed E-state index contributed by atoms with van der Waals surface area (Å²) in [6.45, 7) is 4.49. The van der Waals surface area contributed by atoms with Crippen LogP contribution in [0.3, 0.4) is 0 Å². The van der Waals surface area contributed by atoms with Gasteiger partial charge in [-0.25, -0.2) is 4.98 Å². The van der Waals surface area contributed by atoms with Gasteiger partial charge < -0.3 is 4.90 Å². The van der Waals surface area contributed by atoms with Gasteiger partial charge in [-0.3, -0.25) is 4.79 Å². The van der Waals surface area contributed by atoms with E-state index in [1.54, 1.807) is 28.0 Å². The monoisotopic (exact) mass is 320 g/mol. The molecule has 112 valence electrons. The Morgan fingerprint density at radius 3 is 3.05 bits per heavy atom. The number of thioether (sulfide) groups is 1. The number of nitrogens with zero attached hydrogens (tertiary/aromatic N) is 2. The molecule has 2 rings (SSSR count). The maximum atomic E-state index is 12.0. The van der Waals surface area contributed by atoms with Gasteiger partial charge in [-0.2, -0.15) is 0 Å². The Labute approximate surface area is 134 Å². The summed E-state index contributed by atoms with van der Waals surface area (Å²) in [7, 11) is 1.86. The summed E-state index contributed by atoms with van der Waals surface area (Å²) in [6, 6.07) is 8.14. The summed E-state index contributed by atoms with van der Waals surface area (Å²) in [5.41, 5.74) is 1.05. The molecule has 0 unspecified atom stereocenters. The van der Waals surface area contributed by atoms with Gasteiger partial charge in [-0.1, -0.05) is 18.2 Å². The van der Waals surface area contributed by atoms with Gasteiger partial charge in [-0.15, -0.1) is 29.7 Å². The zero-order chi connectivity index (χ0) is 15.1. The van der Waals surface area contributed by atoms with Gasteiger partial charge in [0.1, 0.15) is 5.01 Å². The van der Waals surface area contributed by atoms with Crippen molar-refractivity contribution in [2.75, 3.05) is 19.3 Å². The van der Waals surface area contributed by atoms with Gasteiger partial charge in [-0.05, 0) is 25.0 Å². The Hall–Kier alpha value is -1.33. The van der Waals surface area contributed by atoms with E-state index in [-0.39, 0.29) is 5.91 Å². The number of hydrogen-bond donors (Lipinski definition) is 0. The van der Waals surface area contributed by atoms with Crippen LogP contribution in [-0.4, -0.2) is 35.1 Å². The molecular formula is C16H20N2OS2. The van der Waals surface area contributed by atoms with Crippen LogP contribution in [0.4, 0.5) is 0 Å². The molecule has 0 N–H and O–H groups in total. The van der Waals surface area contributed by atoms with Crippen molar-refractivity contribution < 1.29 is 4.79 Å². The van der Waals surface area contributed by atoms with Crippen molar-refractivity contribution >= 4 is 39.2 Å². The van der Waals surface area contributed by atoms with Crippen LogP contribution < -0.4 is 0 Å². The molecule has 1 heterocycles. The van der Waals surface area contributed by atoms with E-state index >= 15 is 0 Å². The Morgan fingerprint density at radius 1 is 1.48 bits per heavy atom. The first-order valence-corrected chi connectivity index (χ1v) is 8.95. The van der Waals surface area contributed by atoms with E-state index in [2.05, 4.69) is 17.6 Å². The molecule has 0 aliphatic carbocycles. The van der Waals surface area contributed by atoms with E-state index in [4.69, 9.17) is 0 Å².